The topological polar surface area (TPSA) is 59.8 Å². The third-order valence-electron chi connectivity index (χ3n) is 3.02. The van der Waals surface area contributed by atoms with Crippen LogP contribution >= 0.6 is 11.8 Å². The van der Waals surface area contributed by atoms with Gasteiger partial charge in [0.25, 0.3) is 0 Å². The lowest BCUT2D eigenvalue weighted by molar-refractivity contribution is -0.120. The summed E-state index contributed by atoms with van der Waals surface area (Å²) >= 11 is 1.40. The van der Waals surface area contributed by atoms with Crippen molar-refractivity contribution in [3.8, 4) is 12.3 Å². The zero-order chi connectivity index (χ0) is 14.5. The standard InChI is InChI=1S/C14H18N4OS/c1-4-8-15-13(19)10(3)20-14-17-16-12(11-6-7-11)18(14)9-5-2/h1,5,10-11H,2,6-9H2,3H3,(H,15,19). The normalized spacial score (nSPS) is 15.4. The minimum absolute atomic E-state index is 0.0888. The van der Waals surface area contributed by atoms with Crippen molar-refractivity contribution in [2.24, 2.45) is 0 Å². The average molecular weight is 290 g/mol. The Kier molecular flexibility index (Phi) is 4.85. The fraction of sp³-hybridized carbons (Fsp3) is 0.500. The second-order valence-corrected chi connectivity index (χ2v) is 6.00. The number of nitrogens with one attached hydrogen (secondary N) is 1. The Labute approximate surface area is 123 Å². The van der Waals surface area contributed by atoms with E-state index in [1.807, 2.05) is 17.6 Å². The number of hydrogen-bond donors (Lipinski definition) is 1. The van der Waals surface area contributed by atoms with Crippen LogP contribution in [0.5, 0.6) is 0 Å². The van der Waals surface area contributed by atoms with E-state index in [9.17, 15) is 4.79 Å². The second kappa shape index (κ2) is 6.62. The molecule has 0 bridgehead atoms. The van der Waals surface area contributed by atoms with Crippen LogP contribution in [0, 0.1) is 12.3 Å². The quantitative estimate of drug-likeness (QED) is 0.470. The van der Waals surface area contributed by atoms with Crippen LogP contribution < -0.4 is 5.32 Å². The first-order valence-corrected chi connectivity index (χ1v) is 7.47. The Hall–Kier alpha value is -1.74. The SMILES string of the molecule is C#CCNC(=O)C(C)Sc1nnc(C2CC2)n1CC=C. The highest BCUT2D eigenvalue weighted by atomic mass is 32.2. The third-order valence-corrected chi connectivity index (χ3v) is 4.10. The molecule has 1 amide bonds. The molecule has 1 aromatic heterocycles. The van der Waals surface area contributed by atoms with Gasteiger partial charge in [0.2, 0.25) is 5.91 Å². The molecule has 1 heterocycles. The molecule has 6 heteroatoms. The highest BCUT2D eigenvalue weighted by molar-refractivity contribution is 8.00. The molecule has 1 N–H and O–H groups in total. The van der Waals surface area contributed by atoms with Crippen molar-refractivity contribution in [2.45, 2.75) is 42.6 Å². The number of allylic oxidation sites excluding steroid dienone is 1. The van der Waals surface area contributed by atoms with Crippen molar-refractivity contribution in [3.05, 3.63) is 18.5 Å². The lowest BCUT2D eigenvalue weighted by Gasteiger charge is -2.11. The Bertz CT molecular complexity index is 542. The minimum Gasteiger partial charge on any atom is -0.344 e. The molecule has 0 saturated heterocycles. The van der Waals surface area contributed by atoms with Gasteiger partial charge in [0.15, 0.2) is 5.16 Å². The lowest BCUT2D eigenvalue weighted by Crippen LogP contribution is -2.31. The van der Waals surface area contributed by atoms with Gasteiger partial charge in [-0.15, -0.1) is 23.2 Å². The smallest absolute Gasteiger partial charge is 0.234 e. The van der Waals surface area contributed by atoms with E-state index >= 15 is 0 Å². The summed E-state index contributed by atoms with van der Waals surface area (Å²) in [5.74, 6) is 3.82. The summed E-state index contributed by atoms with van der Waals surface area (Å²) in [6.45, 7) is 6.51. The first-order chi connectivity index (χ1) is 9.67. The first kappa shape index (κ1) is 14.7. The minimum atomic E-state index is -0.261. The van der Waals surface area contributed by atoms with Gasteiger partial charge in [-0.25, -0.2) is 0 Å². The van der Waals surface area contributed by atoms with Crippen LogP contribution in [-0.2, 0) is 11.3 Å². The van der Waals surface area contributed by atoms with Crippen molar-refractivity contribution in [1.29, 1.82) is 0 Å². The van der Waals surface area contributed by atoms with Crippen molar-refractivity contribution in [2.75, 3.05) is 6.54 Å². The van der Waals surface area contributed by atoms with E-state index in [0.717, 1.165) is 23.8 Å². The number of terminal acetylenes is 1. The summed E-state index contributed by atoms with van der Waals surface area (Å²) < 4.78 is 2.04. The van der Waals surface area contributed by atoms with E-state index in [2.05, 4.69) is 28.0 Å². The molecule has 0 aliphatic heterocycles. The van der Waals surface area contributed by atoms with E-state index < -0.39 is 0 Å². The molecular formula is C14H18N4OS. The van der Waals surface area contributed by atoms with Crippen LogP contribution in [-0.4, -0.2) is 32.5 Å². The molecule has 2 rings (SSSR count). The predicted molar refractivity (Wildman–Crippen MR) is 79.4 cm³/mol. The van der Waals surface area contributed by atoms with Gasteiger partial charge in [-0.1, -0.05) is 23.8 Å². The summed E-state index contributed by atoms with van der Waals surface area (Å²) in [6, 6.07) is 0. The number of carbonyl (C=O) groups is 1. The number of amides is 1. The van der Waals surface area contributed by atoms with Crippen LogP contribution in [0.2, 0.25) is 0 Å². The largest absolute Gasteiger partial charge is 0.344 e. The van der Waals surface area contributed by atoms with Gasteiger partial charge in [-0.3, -0.25) is 4.79 Å². The Balaban J connectivity index is 2.06. The van der Waals surface area contributed by atoms with E-state index in [1.165, 1.54) is 11.8 Å². The molecule has 1 aliphatic carbocycles. The fourth-order valence-corrected chi connectivity index (χ4v) is 2.71. The average Bonchev–Trinajstić information content (AvgIpc) is 3.21. The maximum Gasteiger partial charge on any atom is 0.234 e. The summed E-state index contributed by atoms with van der Waals surface area (Å²) in [5, 5.41) is 11.6. The molecule has 5 nitrogen and oxygen atoms in total. The van der Waals surface area contributed by atoms with Gasteiger partial charge < -0.3 is 9.88 Å². The molecule has 0 aromatic carbocycles. The third kappa shape index (κ3) is 3.42. The molecule has 1 atom stereocenters. The van der Waals surface area contributed by atoms with E-state index in [1.54, 1.807) is 0 Å². The zero-order valence-corrected chi connectivity index (χ0v) is 12.3. The highest BCUT2D eigenvalue weighted by Crippen LogP contribution is 2.40. The molecule has 1 saturated carbocycles. The van der Waals surface area contributed by atoms with Gasteiger partial charge in [0.1, 0.15) is 5.82 Å². The van der Waals surface area contributed by atoms with Crippen LogP contribution in [0.1, 0.15) is 31.5 Å². The van der Waals surface area contributed by atoms with Crippen molar-refractivity contribution >= 4 is 17.7 Å². The zero-order valence-electron chi connectivity index (χ0n) is 11.5. The van der Waals surface area contributed by atoms with Crippen LogP contribution in [0.4, 0.5) is 0 Å². The number of thioether (sulfide) groups is 1. The molecule has 0 radical (unpaired) electrons. The maximum absolute atomic E-state index is 11.8. The Morgan fingerprint density at radius 3 is 3.05 bits per heavy atom. The number of aromatic nitrogens is 3. The van der Waals surface area contributed by atoms with Crippen LogP contribution in [0.3, 0.4) is 0 Å². The van der Waals surface area contributed by atoms with E-state index in [-0.39, 0.29) is 17.7 Å². The molecule has 1 fully saturated rings. The van der Waals surface area contributed by atoms with Crippen LogP contribution in [0.25, 0.3) is 0 Å². The molecule has 1 aliphatic rings. The van der Waals surface area contributed by atoms with E-state index in [4.69, 9.17) is 6.42 Å². The monoisotopic (exact) mass is 290 g/mol. The maximum atomic E-state index is 11.8. The summed E-state index contributed by atoms with van der Waals surface area (Å²) in [7, 11) is 0. The van der Waals surface area contributed by atoms with Gasteiger partial charge in [0, 0.05) is 12.5 Å². The first-order valence-electron chi connectivity index (χ1n) is 6.59. The Morgan fingerprint density at radius 2 is 2.45 bits per heavy atom. The molecule has 20 heavy (non-hydrogen) atoms. The van der Waals surface area contributed by atoms with Gasteiger partial charge in [-0.2, -0.15) is 0 Å². The van der Waals surface area contributed by atoms with E-state index in [0.29, 0.717) is 12.5 Å². The van der Waals surface area contributed by atoms with Crippen molar-refractivity contribution in [1.82, 2.24) is 20.1 Å². The fourth-order valence-electron chi connectivity index (χ4n) is 1.82. The summed E-state index contributed by atoms with van der Waals surface area (Å²) in [5.41, 5.74) is 0. The number of rotatable bonds is 7. The Morgan fingerprint density at radius 1 is 1.70 bits per heavy atom. The molecular weight excluding hydrogens is 272 g/mol. The number of carbonyl (C=O) groups excluding carboxylic acids is 1. The molecule has 1 unspecified atom stereocenters. The number of nitrogens with zero attached hydrogens (tertiary/aromatic N) is 3. The van der Waals surface area contributed by atoms with Gasteiger partial charge in [-0.05, 0) is 19.8 Å². The van der Waals surface area contributed by atoms with Gasteiger partial charge >= 0.3 is 0 Å². The summed E-state index contributed by atoms with van der Waals surface area (Å²) in [4.78, 5) is 11.8. The summed E-state index contributed by atoms with van der Waals surface area (Å²) in [6.07, 6.45) is 9.28. The van der Waals surface area contributed by atoms with Crippen molar-refractivity contribution in [3.63, 3.8) is 0 Å². The lowest BCUT2D eigenvalue weighted by atomic mass is 10.4. The highest BCUT2D eigenvalue weighted by Gasteiger charge is 2.30. The molecule has 106 valence electrons. The van der Waals surface area contributed by atoms with Crippen LogP contribution in [0.15, 0.2) is 17.8 Å². The molecule has 1 aromatic rings. The van der Waals surface area contributed by atoms with Gasteiger partial charge in [0.05, 0.1) is 11.8 Å². The molecule has 0 spiro atoms. The second-order valence-electron chi connectivity index (χ2n) is 4.70. The predicted octanol–water partition coefficient (Wildman–Crippen LogP) is 1.57. The number of hydrogen-bond acceptors (Lipinski definition) is 4. The van der Waals surface area contributed by atoms with Crippen molar-refractivity contribution < 1.29 is 4.79 Å².